The number of aliphatic hydroxyl groups is 1. The molecule has 1 N–H and O–H groups in total. The first-order chi connectivity index (χ1) is 7.63. The van der Waals surface area contributed by atoms with E-state index < -0.39 is 6.10 Å². The van der Waals surface area contributed by atoms with Crippen LogP contribution in [0.4, 0.5) is 0 Å². The fraction of sp³-hybridized carbons (Fsp3) is 0.429. The van der Waals surface area contributed by atoms with Crippen LogP contribution in [0.25, 0.3) is 11.0 Å². The number of rotatable bonds is 3. The number of benzene rings is 1. The van der Waals surface area contributed by atoms with E-state index in [0.29, 0.717) is 18.1 Å². The SMILES string of the molecule is CCC(O)c1cc2cccc(C(C)C)c2o1. The lowest BCUT2D eigenvalue weighted by Gasteiger charge is -2.05. The molecule has 2 nitrogen and oxygen atoms in total. The Bertz CT molecular complexity index is 482. The van der Waals surface area contributed by atoms with Gasteiger partial charge in [-0.25, -0.2) is 0 Å². The average molecular weight is 218 g/mol. The molecule has 0 aliphatic rings. The minimum atomic E-state index is -0.493. The quantitative estimate of drug-likeness (QED) is 0.844. The molecule has 1 atom stereocenters. The Hall–Kier alpha value is -1.28. The van der Waals surface area contributed by atoms with E-state index in [0.717, 1.165) is 11.0 Å². The molecule has 2 aromatic rings. The lowest BCUT2D eigenvalue weighted by molar-refractivity contribution is 0.148. The van der Waals surface area contributed by atoms with Gasteiger partial charge in [-0.1, -0.05) is 39.0 Å². The maximum Gasteiger partial charge on any atom is 0.137 e. The second kappa shape index (κ2) is 4.30. The van der Waals surface area contributed by atoms with Crippen molar-refractivity contribution in [3.63, 3.8) is 0 Å². The van der Waals surface area contributed by atoms with E-state index in [1.165, 1.54) is 5.56 Å². The van der Waals surface area contributed by atoms with Crippen molar-refractivity contribution in [2.24, 2.45) is 0 Å². The van der Waals surface area contributed by atoms with Crippen molar-refractivity contribution in [2.45, 2.75) is 39.2 Å². The molecule has 0 spiro atoms. The van der Waals surface area contributed by atoms with Gasteiger partial charge in [-0.2, -0.15) is 0 Å². The molecule has 1 heterocycles. The van der Waals surface area contributed by atoms with Gasteiger partial charge < -0.3 is 9.52 Å². The second-order valence-corrected chi connectivity index (χ2v) is 4.49. The molecule has 1 unspecified atom stereocenters. The highest BCUT2D eigenvalue weighted by Gasteiger charge is 2.14. The normalized spacial score (nSPS) is 13.6. The predicted octanol–water partition coefficient (Wildman–Crippen LogP) is 4.00. The summed E-state index contributed by atoms with van der Waals surface area (Å²) in [5.74, 6) is 1.10. The summed E-state index contributed by atoms with van der Waals surface area (Å²) in [5.41, 5.74) is 2.12. The van der Waals surface area contributed by atoms with Crippen molar-refractivity contribution < 1.29 is 9.52 Å². The van der Waals surface area contributed by atoms with Crippen molar-refractivity contribution in [2.75, 3.05) is 0 Å². The van der Waals surface area contributed by atoms with Crippen LogP contribution >= 0.6 is 0 Å². The van der Waals surface area contributed by atoms with Crippen molar-refractivity contribution in [1.29, 1.82) is 0 Å². The zero-order valence-corrected chi connectivity index (χ0v) is 10.0. The van der Waals surface area contributed by atoms with Gasteiger partial charge in [0, 0.05) is 5.39 Å². The third-order valence-electron chi connectivity index (χ3n) is 2.93. The van der Waals surface area contributed by atoms with Crippen molar-refractivity contribution in [3.8, 4) is 0 Å². The number of para-hydroxylation sites is 1. The molecule has 0 radical (unpaired) electrons. The van der Waals surface area contributed by atoms with Gasteiger partial charge in [0.1, 0.15) is 17.4 Å². The maximum atomic E-state index is 9.77. The van der Waals surface area contributed by atoms with Crippen LogP contribution in [-0.4, -0.2) is 5.11 Å². The Labute approximate surface area is 95.9 Å². The highest BCUT2D eigenvalue weighted by atomic mass is 16.4. The predicted molar refractivity (Wildman–Crippen MR) is 65.6 cm³/mol. The number of fused-ring (bicyclic) bond motifs is 1. The first kappa shape index (κ1) is 11.2. The number of hydrogen-bond acceptors (Lipinski definition) is 2. The van der Waals surface area contributed by atoms with E-state index in [4.69, 9.17) is 4.42 Å². The van der Waals surface area contributed by atoms with Gasteiger partial charge in [0.2, 0.25) is 0 Å². The minimum Gasteiger partial charge on any atom is -0.458 e. The number of furan rings is 1. The van der Waals surface area contributed by atoms with Gasteiger partial charge >= 0.3 is 0 Å². The molecular weight excluding hydrogens is 200 g/mol. The van der Waals surface area contributed by atoms with Gasteiger partial charge in [0.05, 0.1) is 0 Å². The Balaban J connectivity index is 2.56. The summed E-state index contributed by atoms with van der Waals surface area (Å²) in [6.07, 6.45) is 0.184. The van der Waals surface area contributed by atoms with Gasteiger partial charge in [0.25, 0.3) is 0 Å². The molecule has 0 aliphatic heterocycles. The fourth-order valence-corrected chi connectivity index (χ4v) is 1.93. The zero-order chi connectivity index (χ0) is 11.7. The first-order valence-corrected chi connectivity index (χ1v) is 5.84. The van der Waals surface area contributed by atoms with E-state index in [1.54, 1.807) is 0 Å². The maximum absolute atomic E-state index is 9.77. The van der Waals surface area contributed by atoms with Gasteiger partial charge in [-0.3, -0.25) is 0 Å². The zero-order valence-electron chi connectivity index (χ0n) is 10.0. The average Bonchev–Trinajstić information content (AvgIpc) is 2.70. The van der Waals surface area contributed by atoms with Crippen molar-refractivity contribution >= 4 is 11.0 Å². The number of aliphatic hydroxyl groups excluding tert-OH is 1. The minimum absolute atomic E-state index is 0.432. The molecule has 86 valence electrons. The molecule has 0 saturated heterocycles. The standard InChI is InChI=1S/C14H18O2/c1-4-12(15)13-8-10-6-5-7-11(9(2)3)14(10)16-13/h5-9,12,15H,4H2,1-3H3. The highest BCUT2D eigenvalue weighted by Crippen LogP contribution is 2.31. The van der Waals surface area contributed by atoms with Crippen LogP contribution in [0.2, 0.25) is 0 Å². The summed E-state index contributed by atoms with van der Waals surface area (Å²) < 4.78 is 5.76. The lowest BCUT2D eigenvalue weighted by atomic mass is 10.0. The summed E-state index contributed by atoms with van der Waals surface area (Å²) in [5, 5.41) is 10.8. The molecule has 0 amide bonds. The molecule has 0 bridgehead atoms. The van der Waals surface area contributed by atoms with Crippen LogP contribution < -0.4 is 0 Å². The van der Waals surface area contributed by atoms with Crippen molar-refractivity contribution in [1.82, 2.24) is 0 Å². The monoisotopic (exact) mass is 218 g/mol. The fourth-order valence-electron chi connectivity index (χ4n) is 1.93. The molecule has 1 aromatic carbocycles. The summed E-state index contributed by atoms with van der Waals surface area (Å²) in [7, 11) is 0. The summed E-state index contributed by atoms with van der Waals surface area (Å²) in [6, 6.07) is 8.08. The third kappa shape index (κ3) is 1.85. The highest BCUT2D eigenvalue weighted by molar-refractivity contribution is 5.81. The molecular formula is C14H18O2. The first-order valence-electron chi connectivity index (χ1n) is 5.84. The van der Waals surface area contributed by atoms with Crippen molar-refractivity contribution in [3.05, 3.63) is 35.6 Å². The van der Waals surface area contributed by atoms with Crippen LogP contribution in [0.3, 0.4) is 0 Å². The van der Waals surface area contributed by atoms with Gasteiger partial charge in [0.15, 0.2) is 0 Å². The molecule has 0 aliphatic carbocycles. The van der Waals surface area contributed by atoms with Gasteiger partial charge in [-0.15, -0.1) is 0 Å². The Morgan fingerprint density at radius 3 is 2.69 bits per heavy atom. The largest absolute Gasteiger partial charge is 0.458 e. The van der Waals surface area contributed by atoms with Crippen LogP contribution in [0.1, 0.15) is 50.5 Å². The third-order valence-corrected chi connectivity index (χ3v) is 2.93. The van der Waals surface area contributed by atoms with Crippen LogP contribution in [0, 0.1) is 0 Å². The smallest absolute Gasteiger partial charge is 0.137 e. The molecule has 2 heteroatoms. The van der Waals surface area contributed by atoms with E-state index in [9.17, 15) is 5.11 Å². The van der Waals surface area contributed by atoms with E-state index >= 15 is 0 Å². The van der Waals surface area contributed by atoms with E-state index in [2.05, 4.69) is 19.9 Å². The Kier molecular flexibility index (Phi) is 3.01. The lowest BCUT2D eigenvalue weighted by Crippen LogP contribution is -1.91. The molecule has 1 aromatic heterocycles. The molecule has 16 heavy (non-hydrogen) atoms. The van der Waals surface area contributed by atoms with E-state index in [-0.39, 0.29) is 0 Å². The molecule has 0 fully saturated rings. The molecule has 2 rings (SSSR count). The summed E-state index contributed by atoms with van der Waals surface area (Å²) >= 11 is 0. The number of hydrogen-bond donors (Lipinski definition) is 1. The summed E-state index contributed by atoms with van der Waals surface area (Å²) in [6.45, 7) is 6.24. The van der Waals surface area contributed by atoms with E-state index in [1.807, 2.05) is 25.1 Å². The van der Waals surface area contributed by atoms with Crippen LogP contribution in [-0.2, 0) is 0 Å². The summed E-state index contributed by atoms with van der Waals surface area (Å²) in [4.78, 5) is 0. The Morgan fingerprint density at radius 1 is 1.31 bits per heavy atom. The Morgan fingerprint density at radius 2 is 2.06 bits per heavy atom. The topological polar surface area (TPSA) is 33.4 Å². The van der Waals surface area contributed by atoms with Crippen LogP contribution in [0.15, 0.2) is 28.7 Å². The second-order valence-electron chi connectivity index (χ2n) is 4.49. The van der Waals surface area contributed by atoms with Crippen LogP contribution in [0.5, 0.6) is 0 Å². The molecule has 0 saturated carbocycles. The van der Waals surface area contributed by atoms with Gasteiger partial charge in [-0.05, 0) is 24.0 Å².